The summed E-state index contributed by atoms with van der Waals surface area (Å²) in [5, 5.41) is 4.84. The molecule has 1 aromatic heterocycles. The van der Waals surface area contributed by atoms with Gasteiger partial charge in [-0.05, 0) is 44.1 Å². The summed E-state index contributed by atoms with van der Waals surface area (Å²) >= 11 is 3.67. The second kappa shape index (κ2) is 5.75. The van der Waals surface area contributed by atoms with E-state index in [1.54, 1.807) is 11.8 Å². The van der Waals surface area contributed by atoms with Crippen molar-refractivity contribution in [3.63, 3.8) is 0 Å². The summed E-state index contributed by atoms with van der Waals surface area (Å²) in [6.45, 7) is 1.01. The summed E-state index contributed by atoms with van der Waals surface area (Å²) in [6.07, 6.45) is 7.46. The van der Waals surface area contributed by atoms with Gasteiger partial charge < -0.3 is 5.32 Å². The summed E-state index contributed by atoms with van der Waals surface area (Å²) in [7, 11) is 0. The van der Waals surface area contributed by atoms with E-state index < -0.39 is 0 Å². The van der Waals surface area contributed by atoms with Crippen LogP contribution in [0.25, 0.3) is 10.6 Å². The first-order chi connectivity index (χ1) is 10.3. The Labute approximate surface area is 134 Å². The number of aromatic nitrogens is 1. The summed E-state index contributed by atoms with van der Waals surface area (Å²) in [5.41, 5.74) is 2.63. The van der Waals surface area contributed by atoms with Crippen LogP contribution in [0.4, 0.5) is 0 Å². The van der Waals surface area contributed by atoms with E-state index in [0.717, 1.165) is 18.5 Å². The van der Waals surface area contributed by atoms with Crippen molar-refractivity contribution in [2.24, 2.45) is 0 Å². The Hall–Kier alpha value is -0.840. The van der Waals surface area contributed by atoms with Crippen molar-refractivity contribution in [1.82, 2.24) is 10.3 Å². The largest absolute Gasteiger partial charge is 0.309 e. The highest BCUT2D eigenvalue weighted by Gasteiger charge is 2.30. The van der Waals surface area contributed by atoms with Crippen molar-refractivity contribution in [3.8, 4) is 10.6 Å². The van der Waals surface area contributed by atoms with E-state index >= 15 is 0 Å². The molecule has 4 rings (SSSR count). The van der Waals surface area contributed by atoms with E-state index in [0.29, 0.717) is 0 Å². The zero-order chi connectivity index (χ0) is 14.2. The van der Waals surface area contributed by atoms with Crippen LogP contribution in [0.15, 0.2) is 29.2 Å². The molecule has 2 saturated carbocycles. The molecule has 2 aliphatic rings. The molecule has 1 aromatic carbocycles. The average Bonchev–Trinajstić information content (AvgIpc) is 3.44. The standard InChI is InChI=1S/C17H20N2S2/c1-20-14-8-4-12(5-9-14)17-19-16(11-2-3-11)15(21-17)10-18-13-6-7-13/h4-5,8-9,11,13,18H,2-3,6-7,10H2,1H3. The normalized spacial score (nSPS) is 18.1. The number of nitrogens with one attached hydrogen (secondary N) is 1. The Bertz CT molecular complexity index is 625. The van der Waals surface area contributed by atoms with Crippen LogP contribution in [-0.2, 0) is 6.54 Å². The third-order valence-corrected chi connectivity index (χ3v) is 6.02. The molecule has 2 fully saturated rings. The van der Waals surface area contributed by atoms with Gasteiger partial charge in [0.05, 0.1) is 5.69 Å². The Kier molecular flexibility index (Phi) is 3.78. The molecule has 0 spiro atoms. The molecule has 2 aromatic rings. The molecular formula is C17H20N2S2. The molecule has 0 bridgehead atoms. The molecule has 0 amide bonds. The van der Waals surface area contributed by atoms with E-state index in [9.17, 15) is 0 Å². The molecule has 2 aliphatic carbocycles. The van der Waals surface area contributed by atoms with Gasteiger partial charge >= 0.3 is 0 Å². The van der Waals surface area contributed by atoms with Crippen LogP contribution in [0.5, 0.6) is 0 Å². The molecule has 1 N–H and O–H groups in total. The number of hydrogen-bond donors (Lipinski definition) is 1. The lowest BCUT2D eigenvalue weighted by molar-refractivity contribution is 0.688. The SMILES string of the molecule is CSc1ccc(-c2nc(C3CC3)c(CNC3CC3)s2)cc1. The lowest BCUT2D eigenvalue weighted by atomic mass is 10.2. The minimum Gasteiger partial charge on any atom is -0.309 e. The smallest absolute Gasteiger partial charge is 0.123 e. The van der Waals surface area contributed by atoms with Crippen LogP contribution in [0.1, 0.15) is 42.2 Å². The van der Waals surface area contributed by atoms with Crippen molar-refractivity contribution < 1.29 is 0 Å². The Morgan fingerprint density at radius 3 is 2.57 bits per heavy atom. The maximum absolute atomic E-state index is 4.97. The van der Waals surface area contributed by atoms with Gasteiger partial charge in [0.15, 0.2) is 0 Å². The third-order valence-electron chi connectivity index (χ3n) is 4.16. The van der Waals surface area contributed by atoms with Crippen LogP contribution < -0.4 is 5.32 Å². The first-order valence-corrected chi connectivity index (χ1v) is 9.75. The topological polar surface area (TPSA) is 24.9 Å². The predicted octanol–water partition coefficient (Wildman–Crippen LogP) is 4.66. The van der Waals surface area contributed by atoms with Crippen LogP contribution >= 0.6 is 23.1 Å². The van der Waals surface area contributed by atoms with Crippen LogP contribution in [0, 0.1) is 0 Å². The predicted molar refractivity (Wildman–Crippen MR) is 91.2 cm³/mol. The number of thioether (sulfide) groups is 1. The van der Waals surface area contributed by atoms with Gasteiger partial charge in [-0.2, -0.15) is 0 Å². The van der Waals surface area contributed by atoms with Crippen LogP contribution in [-0.4, -0.2) is 17.3 Å². The second-order valence-electron chi connectivity index (χ2n) is 5.99. The fourth-order valence-electron chi connectivity index (χ4n) is 2.55. The molecule has 0 unspecified atom stereocenters. The molecular weight excluding hydrogens is 296 g/mol. The van der Waals surface area contributed by atoms with Crippen molar-refractivity contribution in [2.45, 2.75) is 49.1 Å². The van der Waals surface area contributed by atoms with E-state index in [4.69, 9.17) is 4.98 Å². The number of nitrogens with zero attached hydrogens (tertiary/aromatic N) is 1. The number of benzene rings is 1. The Balaban J connectivity index is 1.59. The average molecular weight is 316 g/mol. The van der Waals surface area contributed by atoms with E-state index in [1.165, 1.54) is 51.7 Å². The number of thiazole rings is 1. The molecule has 21 heavy (non-hydrogen) atoms. The monoisotopic (exact) mass is 316 g/mol. The summed E-state index contributed by atoms with van der Waals surface area (Å²) in [4.78, 5) is 7.75. The van der Waals surface area contributed by atoms with Crippen molar-refractivity contribution in [2.75, 3.05) is 6.26 Å². The first-order valence-electron chi connectivity index (χ1n) is 7.71. The van der Waals surface area contributed by atoms with Gasteiger partial charge in [-0.15, -0.1) is 23.1 Å². The molecule has 0 radical (unpaired) electrons. The van der Waals surface area contributed by atoms with E-state index in [2.05, 4.69) is 35.8 Å². The highest BCUT2D eigenvalue weighted by Crippen LogP contribution is 2.44. The summed E-state index contributed by atoms with van der Waals surface area (Å²) in [6, 6.07) is 9.57. The molecule has 0 atom stereocenters. The van der Waals surface area contributed by atoms with Gasteiger partial charge in [0.25, 0.3) is 0 Å². The lowest BCUT2D eigenvalue weighted by Gasteiger charge is -2.01. The van der Waals surface area contributed by atoms with Gasteiger partial charge in [0, 0.05) is 33.8 Å². The minimum atomic E-state index is 0.733. The maximum Gasteiger partial charge on any atom is 0.123 e. The molecule has 0 saturated heterocycles. The zero-order valence-electron chi connectivity index (χ0n) is 12.3. The van der Waals surface area contributed by atoms with Crippen molar-refractivity contribution in [1.29, 1.82) is 0 Å². The Morgan fingerprint density at radius 2 is 1.95 bits per heavy atom. The summed E-state index contributed by atoms with van der Waals surface area (Å²) < 4.78 is 0. The quantitative estimate of drug-likeness (QED) is 0.785. The lowest BCUT2D eigenvalue weighted by Crippen LogP contribution is -2.15. The van der Waals surface area contributed by atoms with Gasteiger partial charge in [0.1, 0.15) is 5.01 Å². The molecule has 0 aliphatic heterocycles. The molecule has 110 valence electrons. The van der Waals surface area contributed by atoms with Crippen molar-refractivity contribution in [3.05, 3.63) is 34.8 Å². The zero-order valence-corrected chi connectivity index (χ0v) is 13.9. The molecule has 2 nitrogen and oxygen atoms in total. The van der Waals surface area contributed by atoms with Gasteiger partial charge in [-0.3, -0.25) is 0 Å². The number of hydrogen-bond acceptors (Lipinski definition) is 4. The highest BCUT2D eigenvalue weighted by molar-refractivity contribution is 7.98. The highest BCUT2D eigenvalue weighted by atomic mass is 32.2. The fraction of sp³-hybridized carbons (Fsp3) is 0.471. The summed E-state index contributed by atoms with van der Waals surface area (Å²) in [5.74, 6) is 0.733. The minimum absolute atomic E-state index is 0.733. The molecule has 4 heteroatoms. The van der Waals surface area contributed by atoms with Crippen LogP contribution in [0.2, 0.25) is 0 Å². The number of rotatable bonds is 6. The van der Waals surface area contributed by atoms with E-state index in [-0.39, 0.29) is 0 Å². The van der Waals surface area contributed by atoms with Gasteiger partial charge in [0.2, 0.25) is 0 Å². The van der Waals surface area contributed by atoms with Crippen LogP contribution in [0.3, 0.4) is 0 Å². The first kappa shape index (κ1) is 13.8. The van der Waals surface area contributed by atoms with Gasteiger partial charge in [-0.1, -0.05) is 12.1 Å². The maximum atomic E-state index is 4.97. The fourth-order valence-corrected chi connectivity index (χ4v) is 4.06. The second-order valence-corrected chi connectivity index (χ2v) is 7.95. The third kappa shape index (κ3) is 3.17. The molecule has 1 heterocycles. The van der Waals surface area contributed by atoms with E-state index in [1.807, 2.05) is 11.3 Å². The van der Waals surface area contributed by atoms with Crippen molar-refractivity contribution >= 4 is 23.1 Å². The van der Waals surface area contributed by atoms with Gasteiger partial charge in [-0.25, -0.2) is 4.98 Å². The Morgan fingerprint density at radius 1 is 1.19 bits per heavy atom.